The van der Waals surface area contributed by atoms with Crippen LogP contribution in [0.25, 0.3) is 0 Å². The van der Waals surface area contributed by atoms with Gasteiger partial charge in [-0.2, -0.15) is 5.01 Å². The SMILES string of the molecule is O=C1c2cccc(Br)c2CN1N1C(=O)CCCC1=O. The summed E-state index contributed by atoms with van der Waals surface area (Å²) in [6, 6.07) is 5.32. The fraction of sp³-hybridized carbons (Fsp3) is 0.308. The molecule has 1 aromatic rings. The minimum Gasteiger partial charge on any atom is -0.273 e. The topological polar surface area (TPSA) is 57.7 Å². The van der Waals surface area contributed by atoms with Crippen LogP contribution in [0.2, 0.25) is 0 Å². The number of carbonyl (C=O) groups excluding carboxylic acids is 3. The Morgan fingerprint density at radius 1 is 1.05 bits per heavy atom. The first-order valence-electron chi connectivity index (χ1n) is 6.04. The van der Waals surface area contributed by atoms with E-state index in [-0.39, 0.29) is 24.3 Å². The molecule has 1 saturated heterocycles. The van der Waals surface area contributed by atoms with Gasteiger partial charge in [-0.15, -0.1) is 0 Å². The molecule has 0 radical (unpaired) electrons. The number of fused-ring (bicyclic) bond motifs is 1. The highest BCUT2D eigenvalue weighted by Gasteiger charge is 2.39. The molecule has 0 saturated carbocycles. The first kappa shape index (κ1) is 12.3. The van der Waals surface area contributed by atoms with Crippen LogP contribution in [0, 0.1) is 0 Å². The van der Waals surface area contributed by atoms with Crippen LogP contribution in [0.4, 0.5) is 0 Å². The monoisotopic (exact) mass is 322 g/mol. The molecule has 3 amide bonds. The van der Waals surface area contributed by atoms with E-state index >= 15 is 0 Å². The highest BCUT2D eigenvalue weighted by Crippen LogP contribution is 2.31. The lowest BCUT2D eigenvalue weighted by atomic mass is 10.1. The van der Waals surface area contributed by atoms with Crippen LogP contribution in [0.3, 0.4) is 0 Å². The highest BCUT2D eigenvalue weighted by atomic mass is 79.9. The summed E-state index contributed by atoms with van der Waals surface area (Å²) >= 11 is 3.39. The smallest absolute Gasteiger partial charge is 0.273 e. The lowest BCUT2D eigenvalue weighted by molar-refractivity contribution is -0.163. The van der Waals surface area contributed by atoms with Crippen molar-refractivity contribution >= 4 is 33.7 Å². The van der Waals surface area contributed by atoms with Crippen molar-refractivity contribution in [2.75, 3.05) is 0 Å². The maximum Gasteiger partial charge on any atom is 0.273 e. The number of nitrogens with zero attached hydrogens (tertiary/aromatic N) is 2. The molecule has 0 bridgehead atoms. The second-order valence-corrected chi connectivity index (χ2v) is 5.44. The molecule has 19 heavy (non-hydrogen) atoms. The summed E-state index contributed by atoms with van der Waals surface area (Å²) < 4.78 is 0.817. The second-order valence-electron chi connectivity index (χ2n) is 4.58. The van der Waals surface area contributed by atoms with E-state index in [1.807, 2.05) is 6.07 Å². The van der Waals surface area contributed by atoms with Crippen molar-refractivity contribution in [3.8, 4) is 0 Å². The highest BCUT2D eigenvalue weighted by molar-refractivity contribution is 9.10. The van der Waals surface area contributed by atoms with Gasteiger partial charge in [0.2, 0.25) is 11.8 Å². The molecule has 2 heterocycles. The van der Waals surface area contributed by atoms with Gasteiger partial charge in [0.15, 0.2) is 0 Å². The fourth-order valence-electron chi connectivity index (χ4n) is 2.45. The number of halogens is 1. The minimum atomic E-state index is -0.298. The van der Waals surface area contributed by atoms with Crippen LogP contribution >= 0.6 is 15.9 Å². The Bertz CT molecular complexity index is 584. The van der Waals surface area contributed by atoms with E-state index < -0.39 is 0 Å². The van der Waals surface area contributed by atoms with Crippen molar-refractivity contribution in [2.45, 2.75) is 25.8 Å². The van der Waals surface area contributed by atoms with Gasteiger partial charge in [0.25, 0.3) is 5.91 Å². The van der Waals surface area contributed by atoms with Crippen molar-refractivity contribution < 1.29 is 14.4 Å². The largest absolute Gasteiger partial charge is 0.273 e. The Morgan fingerprint density at radius 2 is 1.74 bits per heavy atom. The Morgan fingerprint density at radius 3 is 2.37 bits per heavy atom. The zero-order valence-corrected chi connectivity index (χ0v) is 11.6. The summed E-state index contributed by atoms with van der Waals surface area (Å²) in [5, 5.41) is 2.26. The average molecular weight is 323 g/mol. The molecular weight excluding hydrogens is 312 g/mol. The minimum absolute atomic E-state index is 0.257. The average Bonchev–Trinajstić information content (AvgIpc) is 2.69. The van der Waals surface area contributed by atoms with Crippen molar-refractivity contribution in [3.05, 3.63) is 33.8 Å². The van der Waals surface area contributed by atoms with Crippen molar-refractivity contribution in [3.63, 3.8) is 0 Å². The standard InChI is InChI=1S/C13H11BrN2O3/c14-10-4-1-3-8-9(10)7-15(13(8)19)16-11(17)5-2-6-12(16)18/h1,3-4H,2,5-7H2. The van der Waals surface area contributed by atoms with Crippen LogP contribution in [-0.2, 0) is 16.1 Å². The summed E-state index contributed by atoms with van der Waals surface area (Å²) in [6.07, 6.45) is 1.19. The predicted molar refractivity (Wildman–Crippen MR) is 69.7 cm³/mol. The molecule has 0 aliphatic carbocycles. The van der Waals surface area contributed by atoms with E-state index in [0.29, 0.717) is 24.8 Å². The number of hydrazine groups is 1. The van der Waals surface area contributed by atoms with Gasteiger partial charge in [0.1, 0.15) is 0 Å². The zero-order chi connectivity index (χ0) is 13.6. The van der Waals surface area contributed by atoms with E-state index in [9.17, 15) is 14.4 Å². The van der Waals surface area contributed by atoms with Gasteiger partial charge in [0.05, 0.1) is 6.54 Å². The lowest BCUT2D eigenvalue weighted by Gasteiger charge is -2.32. The van der Waals surface area contributed by atoms with Gasteiger partial charge in [-0.3, -0.25) is 14.4 Å². The number of imide groups is 1. The van der Waals surface area contributed by atoms with E-state index in [1.54, 1.807) is 12.1 Å². The van der Waals surface area contributed by atoms with E-state index in [4.69, 9.17) is 0 Å². The molecular formula is C13H11BrN2O3. The molecule has 0 unspecified atom stereocenters. The van der Waals surface area contributed by atoms with E-state index in [1.165, 1.54) is 5.01 Å². The maximum absolute atomic E-state index is 12.3. The Labute approximate surface area is 118 Å². The molecule has 0 N–H and O–H groups in total. The molecule has 0 atom stereocenters. The van der Waals surface area contributed by atoms with E-state index in [0.717, 1.165) is 15.0 Å². The summed E-state index contributed by atoms with van der Waals surface area (Å²) in [5.41, 5.74) is 1.36. The number of amides is 3. The second kappa shape index (κ2) is 4.45. The molecule has 5 nitrogen and oxygen atoms in total. The number of hydrogen-bond acceptors (Lipinski definition) is 3. The molecule has 2 aliphatic heterocycles. The summed E-state index contributed by atoms with van der Waals surface area (Å²) in [5.74, 6) is -0.887. The molecule has 3 rings (SSSR count). The third kappa shape index (κ3) is 1.87. The van der Waals surface area contributed by atoms with Crippen LogP contribution < -0.4 is 0 Å². The third-order valence-corrected chi connectivity index (χ3v) is 4.13. The molecule has 6 heteroatoms. The summed E-state index contributed by atoms with van der Waals surface area (Å²) in [7, 11) is 0. The number of rotatable bonds is 1. The Balaban J connectivity index is 1.97. The first-order valence-corrected chi connectivity index (χ1v) is 6.84. The van der Waals surface area contributed by atoms with Gasteiger partial charge >= 0.3 is 0 Å². The summed E-state index contributed by atoms with van der Waals surface area (Å²) in [4.78, 5) is 36.0. The maximum atomic E-state index is 12.3. The van der Waals surface area contributed by atoms with Crippen molar-refractivity contribution in [1.82, 2.24) is 10.0 Å². The van der Waals surface area contributed by atoms with Crippen molar-refractivity contribution in [1.29, 1.82) is 0 Å². The molecule has 1 fully saturated rings. The molecule has 2 aliphatic rings. The van der Waals surface area contributed by atoms with Gasteiger partial charge in [-0.25, -0.2) is 5.01 Å². The quantitative estimate of drug-likeness (QED) is 0.741. The Kier molecular flexibility index (Phi) is 2.89. The van der Waals surface area contributed by atoms with Gasteiger partial charge in [-0.05, 0) is 18.6 Å². The molecule has 0 aromatic heterocycles. The van der Waals surface area contributed by atoms with E-state index in [2.05, 4.69) is 15.9 Å². The predicted octanol–water partition coefficient (Wildman–Crippen LogP) is 1.86. The van der Waals surface area contributed by atoms with Gasteiger partial charge in [-0.1, -0.05) is 22.0 Å². The van der Waals surface area contributed by atoms with Crippen molar-refractivity contribution in [2.24, 2.45) is 0 Å². The third-order valence-electron chi connectivity index (χ3n) is 3.39. The van der Waals surface area contributed by atoms with Gasteiger partial charge < -0.3 is 0 Å². The number of carbonyl (C=O) groups is 3. The lowest BCUT2D eigenvalue weighted by Crippen LogP contribution is -2.52. The zero-order valence-electron chi connectivity index (χ0n) is 10.1. The number of hydrogen-bond donors (Lipinski definition) is 0. The van der Waals surface area contributed by atoms with Crippen LogP contribution in [0.1, 0.15) is 35.2 Å². The number of piperidine rings is 1. The molecule has 0 spiro atoms. The Hall–Kier alpha value is -1.69. The fourth-order valence-corrected chi connectivity index (χ4v) is 2.94. The first-order chi connectivity index (χ1) is 9.09. The van der Waals surface area contributed by atoms with Gasteiger partial charge in [0, 0.05) is 28.4 Å². The normalized spacial score (nSPS) is 19.1. The molecule has 98 valence electrons. The number of benzene rings is 1. The molecule has 1 aromatic carbocycles. The van der Waals surface area contributed by atoms with Crippen LogP contribution in [0.15, 0.2) is 22.7 Å². The summed E-state index contributed by atoms with van der Waals surface area (Å²) in [6.45, 7) is 0.257. The van der Waals surface area contributed by atoms with Crippen LogP contribution in [-0.4, -0.2) is 27.7 Å². The van der Waals surface area contributed by atoms with Crippen LogP contribution in [0.5, 0.6) is 0 Å².